The molecule has 30 heavy (non-hydrogen) atoms. The molecule has 1 atom stereocenters. The number of para-hydroxylation sites is 1. The van der Waals surface area contributed by atoms with Gasteiger partial charge in [-0.25, -0.2) is 0 Å². The second-order valence-electron chi connectivity index (χ2n) is 7.12. The zero-order valence-electron chi connectivity index (χ0n) is 17.0. The maximum absolute atomic E-state index is 5.98. The van der Waals surface area contributed by atoms with Gasteiger partial charge in [-0.1, -0.05) is 36.4 Å². The molecule has 0 amide bonds. The smallest absolute Gasteiger partial charge is 0.191 e. The minimum Gasteiger partial charge on any atom is -0.488 e. The Balaban J connectivity index is 1.24. The fraction of sp³-hybridized carbons (Fsp3) is 0.250. The van der Waals surface area contributed by atoms with Crippen LogP contribution in [0.25, 0.3) is 0 Å². The number of pyridine rings is 1. The van der Waals surface area contributed by atoms with Crippen molar-refractivity contribution in [3.8, 4) is 11.5 Å². The number of hydrogen-bond donors (Lipinski definition) is 2. The number of fused-ring (bicyclic) bond motifs is 1. The van der Waals surface area contributed by atoms with E-state index in [1.807, 2.05) is 54.6 Å². The van der Waals surface area contributed by atoms with E-state index in [2.05, 4.69) is 32.7 Å². The lowest BCUT2D eigenvalue weighted by Crippen LogP contribution is -2.41. The second kappa shape index (κ2) is 9.78. The number of nitrogens with zero attached hydrogens (tertiary/aromatic N) is 2. The van der Waals surface area contributed by atoms with E-state index in [4.69, 9.17) is 9.47 Å². The van der Waals surface area contributed by atoms with Crippen LogP contribution in [0.15, 0.2) is 77.9 Å². The highest BCUT2D eigenvalue weighted by Gasteiger charge is 2.22. The monoisotopic (exact) mass is 402 g/mol. The predicted octanol–water partition coefficient (Wildman–Crippen LogP) is 3.33. The highest BCUT2D eigenvalue weighted by atomic mass is 16.5. The van der Waals surface area contributed by atoms with Gasteiger partial charge in [0.15, 0.2) is 5.96 Å². The van der Waals surface area contributed by atoms with E-state index in [1.165, 1.54) is 5.56 Å². The van der Waals surface area contributed by atoms with E-state index in [0.717, 1.165) is 35.1 Å². The van der Waals surface area contributed by atoms with Gasteiger partial charge >= 0.3 is 0 Å². The van der Waals surface area contributed by atoms with E-state index >= 15 is 0 Å². The molecule has 0 bridgehead atoms. The predicted molar refractivity (Wildman–Crippen MR) is 118 cm³/mol. The van der Waals surface area contributed by atoms with Gasteiger partial charge in [0.05, 0.1) is 12.2 Å². The molecule has 0 saturated heterocycles. The Morgan fingerprint density at radius 3 is 2.83 bits per heavy atom. The number of aliphatic imine (C=N–C) groups is 1. The summed E-state index contributed by atoms with van der Waals surface area (Å²) in [5, 5.41) is 6.70. The molecular weight excluding hydrogens is 376 g/mol. The Hall–Kier alpha value is -3.54. The summed E-state index contributed by atoms with van der Waals surface area (Å²) >= 11 is 0. The Bertz CT molecular complexity index is 966. The largest absolute Gasteiger partial charge is 0.488 e. The number of hydrogen-bond acceptors (Lipinski definition) is 4. The summed E-state index contributed by atoms with van der Waals surface area (Å²) in [6, 6.07) is 22.0. The van der Waals surface area contributed by atoms with Crippen LogP contribution in [0.2, 0.25) is 0 Å². The average Bonchev–Trinajstić information content (AvgIpc) is 3.22. The van der Waals surface area contributed by atoms with E-state index in [1.54, 1.807) is 13.2 Å². The third kappa shape index (κ3) is 5.29. The highest BCUT2D eigenvalue weighted by molar-refractivity contribution is 5.79. The third-order valence-electron chi connectivity index (χ3n) is 4.91. The molecule has 1 aliphatic heterocycles. The van der Waals surface area contributed by atoms with Gasteiger partial charge in [0.25, 0.3) is 0 Å². The van der Waals surface area contributed by atoms with Crippen molar-refractivity contribution in [2.75, 3.05) is 13.6 Å². The Morgan fingerprint density at radius 1 is 1.10 bits per heavy atom. The highest BCUT2D eigenvalue weighted by Crippen LogP contribution is 2.27. The summed E-state index contributed by atoms with van der Waals surface area (Å²) < 4.78 is 11.8. The summed E-state index contributed by atoms with van der Waals surface area (Å²) in [7, 11) is 1.77. The van der Waals surface area contributed by atoms with Crippen LogP contribution in [0.3, 0.4) is 0 Å². The summed E-state index contributed by atoms with van der Waals surface area (Å²) in [4.78, 5) is 8.59. The molecule has 0 radical (unpaired) electrons. The fourth-order valence-electron chi connectivity index (χ4n) is 3.37. The number of ether oxygens (including phenoxy) is 2. The number of nitrogens with one attached hydrogen (secondary N) is 2. The van der Waals surface area contributed by atoms with Gasteiger partial charge in [-0.2, -0.15) is 0 Å². The first-order valence-electron chi connectivity index (χ1n) is 10.1. The van der Waals surface area contributed by atoms with Crippen LogP contribution < -0.4 is 20.1 Å². The minimum atomic E-state index is 0.115. The summed E-state index contributed by atoms with van der Waals surface area (Å²) in [6.45, 7) is 1.79. The summed E-state index contributed by atoms with van der Waals surface area (Å²) in [5.74, 6) is 2.55. The normalized spacial score (nSPS) is 15.2. The number of benzene rings is 2. The topological polar surface area (TPSA) is 67.8 Å². The van der Waals surface area contributed by atoms with Crippen molar-refractivity contribution in [3.63, 3.8) is 0 Å². The standard InChI is InChI=1S/C24H26N4O2/c1-25-24(28-16-22-14-19-8-2-3-11-23(19)30-22)27-15-18-7-6-10-21(13-18)29-17-20-9-4-5-12-26-20/h2-13,22H,14-17H2,1H3,(H2,25,27,28). The first-order valence-corrected chi connectivity index (χ1v) is 10.1. The van der Waals surface area contributed by atoms with Crippen molar-refractivity contribution >= 4 is 5.96 Å². The molecule has 6 heteroatoms. The lowest BCUT2D eigenvalue weighted by molar-refractivity contribution is 0.235. The average molecular weight is 402 g/mol. The van der Waals surface area contributed by atoms with Crippen molar-refractivity contribution in [1.29, 1.82) is 0 Å². The molecule has 4 rings (SSSR count). The first-order chi connectivity index (χ1) is 14.8. The Morgan fingerprint density at radius 2 is 2.00 bits per heavy atom. The van der Waals surface area contributed by atoms with Crippen LogP contribution in [0.5, 0.6) is 11.5 Å². The molecule has 1 aromatic heterocycles. The second-order valence-corrected chi connectivity index (χ2v) is 7.12. The first kappa shape index (κ1) is 19.8. The van der Waals surface area contributed by atoms with Crippen LogP contribution in [0.1, 0.15) is 16.8 Å². The van der Waals surface area contributed by atoms with Gasteiger partial charge in [-0.05, 0) is 41.5 Å². The lowest BCUT2D eigenvalue weighted by atomic mass is 10.1. The molecule has 0 saturated carbocycles. The van der Waals surface area contributed by atoms with Gasteiger partial charge in [0, 0.05) is 26.2 Å². The summed E-state index contributed by atoms with van der Waals surface area (Å²) in [6.07, 6.45) is 2.80. The molecule has 3 aromatic rings. The van der Waals surface area contributed by atoms with Gasteiger partial charge in [-0.15, -0.1) is 0 Å². The van der Waals surface area contributed by atoms with Gasteiger partial charge in [0.1, 0.15) is 24.2 Å². The van der Waals surface area contributed by atoms with Crippen LogP contribution in [-0.4, -0.2) is 30.6 Å². The lowest BCUT2D eigenvalue weighted by Gasteiger charge is -2.16. The molecule has 2 heterocycles. The van der Waals surface area contributed by atoms with E-state index in [-0.39, 0.29) is 6.10 Å². The number of rotatable bonds is 7. The minimum absolute atomic E-state index is 0.115. The Kier molecular flexibility index (Phi) is 6.44. The van der Waals surface area contributed by atoms with Crippen LogP contribution in [0, 0.1) is 0 Å². The fourth-order valence-corrected chi connectivity index (χ4v) is 3.37. The van der Waals surface area contributed by atoms with Crippen molar-refractivity contribution in [1.82, 2.24) is 15.6 Å². The third-order valence-corrected chi connectivity index (χ3v) is 4.91. The summed E-state index contributed by atoms with van der Waals surface area (Å²) in [5.41, 5.74) is 3.28. The van der Waals surface area contributed by atoms with Gasteiger partial charge in [0.2, 0.25) is 0 Å². The molecule has 0 spiro atoms. The molecule has 0 aliphatic carbocycles. The molecule has 2 N–H and O–H groups in total. The van der Waals surface area contributed by atoms with Gasteiger partial charge < -0.3 is 20.1 Å². The van der Waals surface area contributed by atoms with Crippen molar-refractivity contribution in [3.05, 3.63) is 89.7 Å². The molecule has 154 valence electrons. The Labute approximate surface area is 177 Å². The van der Waals surface area contributed by atoms with Crippen molar-refractivity contribution in [2.24, 2.45) is 4.99 Å². The van der Waals surface area contributed by atoms with E-state index < -0.39 is 0 Å². The SMILES string of the molecule is CN=C(NCc1cccc(OCc2ccccn2)c1)NCC1Cc2ccccc2O1. The maximum atomic E-state index is 5.98. The molecule has 1 unspecified atom stereocenters. The molecule has 6 nitrogen and oxygen atoms in total. The molecule has 0 fully saturated rings. The van der Waals surface area contributed by atoms with Crippen LogP contribution >= 0.6 is 0 Å². The maximum Gasteiger partial charge on any atom is 0.191 e. The zero-order chi connectivity index (χ0) is 20.6. The number of aromatic nitrogens is 1. The number of guanidine groups is 1. The van der Waals surface area contributed by atoms with E-state index in [0.29, 0.717) is 19.7 Å². The van der Waals surface area contributed by atoms with Crippen LogP contribution in [-0.2, 0) is 19.6 Å². The molecular formula is C24H26N4O2. The zero-order valence-corrected chi connectivity index (χ0v) is 17.0. The van der Waals surface area contributed by atoms with Crippen molar-refractivity contribution in [2.45, 2.75) is 25.7 Å². The molecule has 2 aromatic carbocycles. The quantitative estimate of drug-likeness (QED) is 0.469. The van der Waals surface area contributed by atoms with Crippen LogP contribution in [0.4, 0.5) is 0 Å². The molecule has 1 aliphatic rings. The van der Waals surface area contributed by atoms with Gasteiger partial charge in [-0.3, -0.25) is 9.98 Å². The van der Waals surface area contributed by atoms with Crippen molar-refractivity contribution < 1.29 is 9.47 Å². The van der Waals surface area contributed by atoms with E-state index in [9.17, 15) is 0 Å².